The zero-order valence-electron chi connectivity index (χ0n) is 10.4. The first-order valence-electron chi connectivity index (χ1n) is 6.05. The van der Waals surface area contributed by atoms with Gasteiger partial charge in [-0.3, -0.25) is 4.79 Å². The molecule has 1 unspecified atom stereocenters. The lowest BCUT2D eigenvalue weighted by Crippen LogP contribution is -2.46. The maximum atomic E-state index is 11.8. The summed E-state index contributed by atoms with van der Waals surface area (Å²) < 4.78 is 5.18. The lowest BCUT2D eigenvalue weighted by molar-refractivity contribution is -0.122. The highest BCUT2D eigenvalue weighted by Crippen LogP contribution is 2.23. The van der Waals surface area contributed by atoms with Gasteiger partial charge in [0.15, 0.2) is 0 Å². The Bertz CT molecular complexity index is 422. The maximum Gasteiger partial charge on any atom is 0.245 e. The molecule has 18 heavy (non-hydrogen) atoms. The van der Waals surface area contributed by atoms with Crippen molar-refractivity contribution in [1.29, 1.82) is 0 Å². The molecule has 0 saturated carbocycles. The number of hydrogen-bond donors (Lipinski definition) is 2. The van der Waals surface area contributed by atoms with Gasteiger partial charge >= 0.3 is 0 Å². The van der Waals surface area contributed by atoms with E-state index < -0.39 is 6.04 Å². The Kier molecular flexibility index (Phi) is 4.04. The number of carbonyl (C=O) groups excluding carboxylic acids is 1. The van der Waals surface area contributed by atoms with Crippen LogP contribution in [0.4, 0.5) is 5.69 Å². The second-order valence-electron chi connectivity index (χ2n) is 4.24. The first-order chi connectivity index (χ1) is 8.76. The number of benzene rings is 1. The fourth-order valence-electron chi connectivity index (χ4n) is 2.16. The van der Waals surface area contributed by atoms with Gasteiger partial charge in [0.05, 0.1) is 13.7 Å². The Labute approximate surface area is 106 Å². The minimum Gasteiger partial charge on any atom is -0.497 e. The first kappa shape index (κ1) is 12.7. The van der Waals surface area contributed by atoms with Crippen LogP contribution >= 0.6 is 0 Å². The summed E-state index contributed by atoms with van der Waals surface area (Å²) in [5.41, 5.74) is 0.894. The van der Waals surface area contributed by atoms with Gasteiger partial charge in [-0.15, -0.1) is 0 Å². The summed E-state index contributed by atoms with van der Waals surface area (Å²) in [6.07, 6.45) is 0.861. The molecule has 2 N–H and O–H groups in total. The topological polar surface area (TPSA) is 61.8 Å². The summed E-state index contributed by atoms with van der Waals surface area (Å²) in [7, 11) is 1.61. The fourth-order valence-corrected chi connectivity index (χ4v) is 2.16. The van der Waals surface area contributed by atoms with E-state index in [0.29, 0.717) is 6.54 Å². The van der Waals surface area contributed by atoms with Crippen LogP contribution in [-0.4, -0.2) is 43.9 Å². The third-order valence-electron chi connectivity index (χ3n) is 3.11. The van der Waals surface area contributed by atoms with Crippen LogP contribution in [0.5, 0.6) is 5.75 Å². The largest absolute Gasteiger partial charge is 0.497 e. The van der Waals surface area contributed by atoms with Crippen LogP contribution in [0.3, 0.4) is 0 Å². The number of methoxy groups -OCH3 is 1. The summed E-state index contributed by atoms with van der Waals surface area (Å²) in [5, 5.41) is 12.2. The van der Waals surface area contributed by atoms with E-state index in [1.165, 1.54) is 0 Å². The second kappa shape index (κ2) is 5.73. The SMILES string of the molecule is COc1cccc(N2CCCNC(=O)C2CO)c1. The average Bonchev–Trinajstić information content (AvgIpc) is 2.60. The van der Waals surface area contributed by atoms with E-state index in [-0.39, 0.29) is 12.5 Å². The smallest absolute Gasteiger partial charge is 0.245 e. The molecule has 1 atom stereocenters. The van der Waals surface area contributed by atoms with Crippen molar-refractivity contribution in [2.24, 2.45) is 0 Å². The molecule has 5 nitrogen and oxygen atoms in total. The van der Waals surface area contributed by atoms with Gasteiger partial charge in [-0.25, -0.2) is 0 Å². The molecule has 1 fully saturated rings. The van der Waals surface area contributed by atoms with E-state index >= 15 is 0 Å². The van der Waals surface area contributed by atoms with Crippen LogP contribution in [0, 0.1) is 0 Å². The van der Waals surface area contributed by atoms with Gasteiger partial charge < -0.3 is 20.1 Å². The molecule has 1 heterocycles. The predicted octanol–water partition coefficient (Wildman–Crippen LogP) is 0.382. The highest BCUT2D eigenvalue weighted by atomic mass is 16.5. The van der Waals surface area contributed by atoms with Crippen LogP contribution in [-0.2, 0) is 4.79 Å². The summed E-state index contributed by atoms with van der Waals surface area (Å²) in [5.74, 6) is 0.617. The fraction of sp³-hybridized carbons (Fsp3) is 0.462. The molecular formula is C13H18N2O3. The Morgan fingerprint density at radius 1 is 1.56 bits per heavy atom. The lowest BCUT2D eigenvalue weighted by atomic mass is 10.2. The van der Waals surface area contributed by atoms with E-state index in [0.717, 1.165) is 24.4 Å². The van der Waals surface area contributed by atoms with E-state index in [9.17, 15) is 9.90 Å². The van der Waals surface area contributed by atoms with E-state index in [4.69, 9.17) is 4.74 Å². The minimum absolute atomic E-state index is 0.127. The van der Waals surface area contributed by atoms with Crippen LogP contribution in [0.1, 0.15) is 6.42 Å². The minimum atomic E-state index is -0.528. The van der Waals surface area contributed by atoms with Crippen molar-refractivity contribution in [2.75, 3.05) is 31.7 Å². The van der Waals surface area contributed by atoms with Crippen LogP contribution < -0.4 is 15.0 Å². The molecule has 0 radical (unpaired) electrons. The molecule has 0 aromatic heterocycles. The third-order valence-corrected chi connectivity index (χ3v) is 3.11. The van der Waals surface area contributed by atoms with Crippen molar-refractivity contribution in [3.05, 3.63) is 24.3 Å². The van der Waals surface area contributed by atoms with E-state index in [1.807, 2.05) is 29.2 Å². The number of aliphatic hydroxyl groups excluding tert-OH is 1. The monoisotopic (exact) mass is 250 g/mol. The highest BCUT2D eigenvalue weighted by Gasteiger charge is 2.27. The molecule has 98 valence electrons. The first-order valence-corrected chi connectivity index (χ1v) is 6.05. The van der Waals surface area contributed by atoms with Gasteiger partial charge in [0, 0.05) is 24.8 Å². The number of nitrogens with one attached hydrogen (secondary N) is 1. The number of nitrogens with zero attached hydrogens (tertiary/aromatic N) is 1. The van der Waals surface area contributed by atoms with Crippen LogP contribution in [0.25, 0.3) is 0 Å². The Hall–Kier alpha value is -1.75. The highest BCUT2D eigenvalue weighted by molar-refractivity contribution is 5.86. The lowest BCUT2D eigenvalue weighted by Gasteiger charge is -2.29. The normalized spacial score (nSPS) is 20.2. The molecule has 1 aromatic rings. The van der Waals surface area contributed by atoms with E-state index in [1.54, 1.807) is 7.11 Å². The molecule has 1 saturated heterocycles. The molecule has 1 aromatic carbocycles. The number of amides is 1. The third kappa shape index (κ3) is 2.56. The molecule has 5 heteroatoms. The molecule has 1 amide bonds. The zero-order chi connectivity index (χ0) is 13.0. The number of ether oxygens (including phenoxy) is 1. The van der Waals surface area contributed by atoms with Crippen molar-refractivity contribution in [2.45, 2.75) is 12.5 Å². The molecule has 0 spiro atoms. The van der Waals surface area contributed by atoms with E-state index in [2.05, 4.69) is 5.32 Å². The Balaban J connectivity index is 2.29. The number of rotatable bonds is 3. The number of aliphatic hydroxyl groups is 1. The molecule has 0 bridgehead atoms. The molecule has 1 aliphatic rings. The predicted molar refractivity (Wildman–Crippen MR) is 68.8 cm³/mol. The van der Waals surface area contributed by atoms with Crippen molar-refractivity contribution in [3.63, 3.8) is 0 Å². The quantitative estimate of drug-likeness (QED) is 0.814. The van der Waals surface area contributed by atoms with Gasteiger partial charge in [0.2, 0.25) is 5.91 Å². The van der Waals surface area contributed by atoms with Crippen molar-refractivity contribution < 1.29 is 14.6 Å². The van der Waals surface area contributed by atoms with Gasteiger partial charge in [0.25, 0.3) is 0 Å². The summed E-state index contributed by atoms with van der Waals surface area (Å²) in [6.45, 7) is 1.19. The average molecular weight is 250 g/mol. The van der Waals surface area contributed by atoms with Crippen LogP contribution in [0.15, 0.2) is 24.3 Å². The Morgan fingerprint density at radius 3 is 3.11 bits per heavy atom. The number of carbonyl (C=O) groups is 1. The molecule has 1 aliphatic heterocycles. The zero-order valence-corrected chi connectivity index (χ0v) is 10.4. The van der Waals surface area contributed by atoms with Gasteiger partial charge in [0.1, 0.15) is 11.8 Å². The summed E-state index contributed by atoms with van der Waals surface area (Å²) in [4.78, 5) is 13.8. The van der Waals surface area contributed by atoms with Gasteiger partial charge in [-0.1, -0.05) is 6.07 Å². The second-order valence-corrected chi connectivity index (χ2v) is 4.24. The summed E-state index contributed by atoms with van der Waals surface area (Å²) in [6, 6.07) is 7.01. The van der Waals surface area contributed by atoms with Gasteiger partial charge in [-0.05, 0) is 18.6 Å². The Morgan fingerprint density at radius 2 is 2.39 bits per heavy atom. The van der Waals surface area contributed by atoms with Crippen LogP contribution in [0.2, 0.25) is 0 Å². The van der Waals surface area contributed by atoms with Crippen molar-refractivity contribution in [1.82, 2.24) is 5.32 Å². The van der Waals surface area contributed by atoms with Crippen molar-refractivity contribution >= 4 is 11.6 Å². The number of anilines is 1. The summed E-state index contributed by atoms with van der Waals surface area (Å²) >= 11 is 0. The molecule has 0 aliphatic carbocycles. The number of hydrogen-bond acceptors (Lipinski definition) is 4. The van der Waals surface area contributed by atoms with Crippen molar-refractivity contribution in [3.8, 4) is 5.75 Å². The molecular weight excluding hydrogens is 232 g/mol. The standard InChI is InChI=1S/C13H18N2O3/c1-18-11-5-2-4-10(8-11)15-7-3-6-14-13(17)12(15)9-16/h2,4-5,8,12,16H,3,6-7,9H2,1H3,(H,14,17). The molecule has 2 rings (SSSR count). The maximum absolute atomic E-state index is 11.8. The van der Waals surface area contributed by atoms with Gasteiger partial charge in [-0.2, -0.15) is 0 Å².